The van der Waals surface area contributed by atoms with Crippen LogP contribution in [-0.2, 0) is 6.54 Å². The van der Waals surface area contributed by atoms with Crippen LogP contribution in [0, 0.1) is 11.3 Å². The van der Waals surface area contributed by atoms with E-state index in [1.54, 1.807) is 0 Å². The zero-order valence-electron chi connectivity index (χ0n) is 16.7. The molecule has 4 nitrogen and oxygen atoms in total. The van der Waals surface area contributed by atoms with Crippen molar-refractivity contribution in [3.05, 3.63) is 35.9 Å². The van der Waals surface area contributed by atoms with Gasteiger partial charge in [0.2, 0.25) is 0 Å². The summed E-state index contributed by atoms with van der Waals surface area (Å²) in [7, 11) is 0. The van der Waals surface area contributed by atoms with Crippen LogP contribution in [0.25, 0.3) is 0 Å². The van der Waals surface area contributed by atoms with Gasteiger partial charge in [-0.3, -0.25) is 4.90 Å². The number of carbonyl (C=O) groups is 1. The normalized spacial score (nSPS) is 26.5. The van der Waals surface area contributed by atoms with Crippen molar-refractivity contribution in [2.24, 2.45) is 11.3 Å². The number of hydrogen-bond acceptors (Lipinski definition) is 2. The molecular weight excluding hydrogens is 322 g/mol. The van der Waals surface area contributed by atoms with Gasteiger partial charge in [-0.05, 0) is 43.1 Å². The van der Waals surface area contributed by atoms with Gasteiger partial charge in [-0.1, -0.05) is 50.6 Å². The number of hydrogen-bond donors (Lipinski definition) is 1. The number of rotatable bonds is 4. The highest BCUT2D eigenvalue weighted by Gasteiger charge is 2.30. The third-order valence-corrected chi connectivity index (χ3v) is 6.13. The Morgan fingerprint density at radius 3 is 2.69 bits per heavy atom. The third-order valence-electron chi connectivity index (χ3n) is 6.13. The van der Waals surface area contributed by atoms with Gasteiger partial charge in [0.15, 0.2) is 0 Å². The number of urea groups is 1. The van der Waals surface area contributed by atoms with E-state index >= 15 is 0 Å². The molecule has 0 spiro atoms. The first-order valence-electron chi connectivity index (χ1n) is 10.2. The van der Waals surface area contributed by atoms with E-state index in [0.717, 1.165) is 32.7 Å². The summed E-state index contributed by atoms with van der Waals surface area (Å²) in [6.07, 6.45) is 5.10. The summed E-state index contributed by atoms with van der Waals surface area (Å²) < 4.78 is 0. The first-order chi connectivity index (χ1) is 12.4. The molecule has 1 aliphatic heterocycles. The summed E-state index contributed by atoms with van der Waals surface area (Å²) in [6.45, 7) is 11.3. The Hall–Kier alpha value is -1.55. The van der Waals surface area contributed by atoms with Gasteiger partial charge in [-0.2, -0.15) is 0 Å². The van der Waals surface area contributed by atoms with Crippen molar-refractivity contribution >= 4 is 6.03 Å². The molecule has 144 valence electrons. The van der Waals surface area contributed by atoms with Crippen molar-refractivity contribution in [2.45, 2.75) is 59.0 Å². The Bertz CT molecular complexity index is 586. The van der Waals surface area contributed by atoms with Gasteiger partial charge >= 0.3 is 6.03 Å². The number of nitrogens with zero attached hydrogens (tertiary/aromatic N) is 2. The molecule has 4 heteroatoms. The predicted molar refractivity (Wildman–Crippen MR) is 107 cm³/mol. The summed E-state index contributed by atoms with van der Waals surface area (Å²) in [5.74, 6) is 0.638. The van der Waals surface area contributed by atoms with E-state index in [1.807, 2.05) is 4.90 Å². The largest absolute Gasteiger partial charge is 0.338 e. The molecule has 1 saturated heterocycles. The fourth-order valence-corrected chi connectivity index (χ4v) is 4.61. The Morgan fingerprint density at radius 2 is 2.00 bits per heavy atom. The number of nitrogens with one attached hydrogen (secondary N) is 1. The van der Waals surface area contributed by atoms with Crippen LogP contribution in [0.4, 0.5) is 4.79 Å². The molecule has 1 unspecified atom stereocenters. The van der Waals surface area contributed by atoms with Gasteiger partial charge in [-0.25, -0.2) is 4.79 Å². The molecule has 2 atom stereocenters. The molecule has 1 N–H and O–H groups in total. The third kappa shape index (κ3) is 5.23. The summed E-state index contributed by atoms with van der Waals surface area (Å²) >= 11 is 0. The fraction of sp³-hybridized carbons (Fsp3) is 0.682. The van der Waals surface area contributed by atoms with Gasteiger partial charge in [0, 0.05) is 38.8 Å². The Morgan fingerprint density at radius 1 is 1.23 bits per heavy atom. The zero-order chi connectivity index (χ0) is 18.6. The maximum atomic E-state index is 12.6. The average Bonchev–Trinajstić information content (AvgIpc) is 2.61. The molecular formula is C22H35N3O. The number of piperazine rings is 1. The predicted octanol–water partition coefficient (Wildman–Crippen LogP) is 4.12. The topological polar surface area (TPSA) is 35.6 Å². The van der Waals surface area contributed by atoms with E-state index in [2.05, 4.69) is 61.3 Å². The molecule has 26 heavy (non-hydrogen) atoms. The lowest BCUT2D eigenvalue weighted by Gasteiger charge is -2.40. The highest BCUT2D eigenvalue weighted by Crippen LogP contribution is 2.38. The van der Waals surface area contributed by atoms with E-state index in [1.165, 1.54) is 31.2 Å². The Balaban J connectivity index is 1.44. The molecule has 1 saturated carbocycles. The highest BCUT2D eigenvalue weighted by molar-refractivity contribution is 5.74. The van der Waals surface area contributed by atoms with Crippen molar-refractivity contribution < 1.29 is 4.79 Å². The lowest BCUT2D eigenvalue weighted by atomic mass is 9.72. The molecule has 2 fully saturated rings. The van der Waals surface area contributed by atoms with Crippen molar-refractivity contribution in [2.75, 3.05) is 26.2 Å². The minimum atomic E-state index is 0.125. The van der Waals surface area contributed by atoms with Crippen LogP contribution in [0.5, 0.6) is 0 Å². The molecule has 1 aromatic rings. The molecule has 0 bridgehead atoms. The van der Waals surface area contributed by atoms with Crippen molar-refractivity contribution in [3.8, 4) is 0 Å². The number of benzene rings is 1. The minimum Gasteiger partial charge on any atom is -0.338 e. The SMILES string of the molecule is C[C@@H]1CN(C(=O)NCC2CCCC(C)(C)C2)CCN1Cc1ccccc1. The van der Waals surface area contributed by atoms with E-state index in [0.29, 0.717) is 17.4 Å². The standard InChI is InChI=1S/C22H35N3O/c1-18-16-25(13-12-24(18)17-19-8-5-4-6-9-19)21(26)23-15-20-10-7-11-22(2,3)14-20/h4-6,8-9,18,20H,7,10-17H2,1-3H3,(H,23,26)/t18-,20?/m1/s1. The fourth-order valence-electron chi connectivity index (χ4n) is 4.61. The van der Waals surface area contributed by atoms with E-state index in [4.69, 9.17) is 0 Å². The second-order valence-electron chi connectivity index (χ2n) is 9.06. The molecule has 0 radical (unpaired) electrons. The lowest BCUT2D eigenvalue weighted by Crippen LogP contribution is -2.55. The van der Waals surface area contributed by atoms with Gasteiger partial charge in [-0.15, -0.1) is 0 Å². The van der Waals surface area contributed by atoms with E-state index < -0.39 is 0 Å². The lowest BCUT2D eigenvalue weighted by molar-refractivity contribution is 0.0910. The van der Waals surface area contributed by atoms with Crippen LogP contribution in [-0.4, -0.2) is 48.1 Å². The maximum Gasteiger partial charge on any atom is 0.317 e. The molecule has 1 heterocycles. The van der Waals surface area contributed by atoms with Gasteiger partial charge < -0.3 is 10.2 Å². The monoisotopic (exact) mass is 357 g/mol. The van der Waals surface area contributed by atoms with E-state index in [-0.39, 0.29) is 6.03 Å². The quantitative estimate of drug-likeness (QED) is 0.880. The van der Waals surface area contributed by atoms with Crippen molar-refractivity contribution in [1.29, 1.82) is 0 Å². The van der Waals surface area contributed by atoms with Crippen LogP contribution < -0.4 is 5.32 Å². The number of carbonyl (C=O) groups excluding carboxylic acids is 1. The summed E-state index contributed by atoms with van der Waals surface area (Å²) in [6, 6.07) is 11.1. The Labute approximate surface area is 158 Å². The first kappa shape index (κ1) is 19.2. The second-order valence-corrected chi connectivity index (χ2v) is 9.06. The van der Waals surface area contributed by atoms with Gasteiger partial charge in [0.1, 0.15) is 0 Å². The zero-order valence-corrected chi connectivity index (χ0v) is 16.7. The van der Waals surface area contributed by atoms with Gasteiger partial charge in [0.05, 0.1) is 0 Å². The minimum absolute atomic E-state index is 0.125. The van der Waals surface area contributed by atoms with Crippen molar-refractivity contribution in [3.63, 3.8) is 0 Å². The maximum absolute atomic E-state index is 12.6. The molecule has 3 rings (SSSR count). The van der Waals surface area contributed by atoms with E-state index in [9.17, 15) is 4.79 Å². The summed E-state index contributed by atoms with van der Waals surface area (Å²) in [5.41, 5.74) is 1.78. The summed E-state index contributed by atoms with van der Waals surface area (Å²) in [4.78, 5) is 17.1. The van der Waals surface area contributed by atoms with Crippen LogP contribution in [0.15, 0.2) is 30.3 Å². The molecule has 1 aliphatic carbocycles. The highest BCUT2D eigenvalue weighted by atomic mass is 16.2. The average molecular weight is 358 g/mol. The van der Waals surface area contributed by atoms with Crippen LogP contribution >= 0.6 is 0 Å². The molecule has 0 aromatic heterocycles. The van der Waals surface area contributed by atoms with Crippen molar-refractivity contribution in [1.82, 2.24) is 15.1 Å². The molecule has 2 aliphatic rings. The molecule has 1 aromatic carbocycles. The first-order valence-corrected chi connectivity index (χ1v) is 10.2. The van der Waals surface area contributed by atoms with Crippen LogP contribution in [0.2, 0.25) is 0 Å². The smallest absolute Gasteiger partial charge is 0.317 e. The second kappa shape index (κ2) is 8.43. The van der Waals surface area contributed by atoms with Crippen LogP contribution in [0.1, 0.15) is 52.0 Å². The Kier molecular flexibility index (Phi) is 6.23. The molecule has 2 amide bonds. The van der Waals surface area contributed by atoms with Crippen LogP contribution in [0.3, 0.4) is 0 Å². The van der Waals surface area contributed by atoms with Gasteiger partial charge in [0.25, 0.3) is 0 Å². The number of amides is 2. The summed E-state index contributed by atoms with van der Waals surface area (Å²) in [5, 5.41) is 3.21.